The van der Waals surface area contributed by atoms with Crippen LogP contribution < -0.4 is 4.90 Å². The van der Waals surface area contributed by atoms with E-state index >= 15 is 0 Å². The van der Waals surface area contributed by atoms with Crippen LogP contribution in [0.2, 0.25) is 18.1 Å². The van der Waals surface area contributed by atoms with Crippen LogP contribution in [0, 0.1) is 10.1 Å². The molecule has 0 aromatic heterocycles. The molecule has 1 aromatic rings. The minimum absolute atomic E-state index is 0.0975. The van der Waals surface area contributed by atoms with E-state index < -0.39 is 24.9 Å². The third-order valence-corrected chi connectivity index (χ3v) is 9.83. The van der Waals surface area contributed by atoms with E-state index in [2.05, 4.69) is 49.8 Å². The maximum Gasteiger partial charge on any atom is 0.415 e. The van der Waals surface area contributed by atoms with Gasteiger partial charge in [0.05, 0.1) is 11.5 Å². The van der Waals surface area contributed by atoms with Crippen LogP contribution in [0.3, 0.4) is 0 Å². The van der Waals surface area contributed by atoms with Gasteiger partial charge in [-0.05, 0) is 51.0 Å². The molecule has 0 heterocycles. The van der Waals surface area contributed by atoms with Gasteiger partial charge in [0.15, 0.2) is 8.32 Å². The average Bonchev–Trinajstić information content (AvgIpc) is 2.54. The van der Waals surface area contributed by atoms with Gasteiger partial charge >= 0.3 is 6.09 Å². The van der Waals surface area contributed by atoms with Crippen LogP contribution >= 0.6 is 15.9 Å². The van der Waals surface area contributed by atoms with Crippen LogP contribution in [-0.4, -0.2) is 38.1 Å². The van der Waals surface area contributed by atoms with Gasteiger partial charge in [-0.2, -0.15) is 0 Å². The minimum Gasteiger partial charge on any atom is -0.443 e. The summed E-state index contributed by atoms with van der Waals surface area (Å²) in [6.07, 6.45) is 2.95. The van der Waals surface area contributed by atoms with E-state index in [4.69, 9.17) is 9.16 Å². The second kappa shape index (κ2) is 10.1. The number of amides is 1. The highest BCUT2D eigenvalue weighted by Gasteiger charge is 2.36. The van der Waals surface area contributed by atoms with Crippen LogP contribution in [-0.2, 0) is 9.16 Å². The van der Waals surface area contributed by atoms with E-state index in [0.717, 1.165) is 0 Å². The Labute approximate surface area is 188 Å². The molecule has 1 aromatic carbocycles. The molecule has 30 heavy (non-hydrogen) atoms. The summed E-state index contributed by atoms with van der Waals surface area (Å²) in [6, 6.07) is 4.47. The Hall–Kier alpha value is -1.71. The smallest absolute Gasteiger partial charge is 0.415 e. The van der Waals surface area contributed by atoms with Gasteiger partial charge in [0.1, 0.15) is 11.3 Å². The van der Waals surface area contributed by atoms with Gasteiger partial charge in [-0.3, -0.25) is 15.0 Å². The predicted molar refractivity (Wildman–Crippen MR) is 127 cm³/mol. The van der Waals surface area contributed by atoms with Crippen LogP contribution in [0.1, 0.15) is 41.5 Å². The topological polar surface area (TPSA) is 81.9 Å². The van der Waals surface area contributed by atoms with Crippen molar-refractivity contribution in [1.82, 2.24) is 0 Å². The number of halogens is 1. The summed E-state index contributed by atoms with van der Waals surface area (Å²) >= 11 is 3.32. The summed E-state index contributed by atoms with van der Waals surface area (Å²) in [7, 11) is -1.88. The van der Waals surface area contributed by atoms with Crippen molar-refractivity contribution in [2.24, 2.45) is 0 Å². The summed E-state index contributed by atoms with van der Waals surface area (Å²) < 4.78 is 12.2. The Balaban J connectivity index is 3.09. The number of nitro benzene ring substituents is 1. The number of hydrogen-bond donors (Lipinski definition) is 0. The van der Waals surface area contributed by atoms with Gasteiger partial charge in [-0.25, -0.2) is 4.79 Å². The van der Waals surface area contributed by atoms with Crippen LogP contribution in [0.4, 0.5) is 16.2 Å². The van der Waals surface area contributed by atoms with Gasteiger partial charge in [-0.1, -0.05) is 48.9 Å². The normalized spacial score (nSPS) is 12.8. The standard InChI is InChI=1S/C21H33BrN2O5Si/c1-20(2,3)29-19(25)23(18-15-16(22)11-12-17(18)24(26)27)13-9-10-14-28-30(7,8)21(4,5)6/h9-12,15H,13-14H2,1-8H3/b10-9-. The Morgan fingerprint density at radius 3 is 2.30 bits per heavy atom. The summed E-state index contributed by atoms with van der Waals surface area (Å²) in [4.78, 5) is 25.1. The molecular formula is C21H33BrN2O5Si. The zero-order chi connectivity index (χ0) is 23.3. The molecule has 0 fully saturated rings. The highest BCUT2D eigenvalue weighted by molar-refractivity contribution is 9.10. The van der Waals surface area contributed by atoms with Crippen molar-refractivity contribution in [3.8, 4) is 0 Å². The van der Waals surface area contributed by atoms with Crippen molar-refractivity contribution in [2.75, 3.05) is 18.1 Å². The number of benzene rings is 1. The number of nitrogens with zero attached hydrogens (tertiary/aromatic N) is 2. The third kappa shape index (κ3) is 7.85. The lowest BCUT2D eigenvalue weighted by atomic mass is 10.2. The zero-order valence-corrected chi connectivity index (χ0v) is 21.7. The number of nitro groups is 1. The minimum atomic E-state index is -1.88. The first-order valence-corrected chi connectivity index (χ1v) is 13.5. The summed E-state index contributed by atoms with van der Waals surface area (Å²) in [6.45, 7) is 16.6. The van der Waals surface area contributed by atoms with Gasteiger partial charge in [0.25, 0.3) is 5.69 Å². The second-order valence-electron chi connectivity index (χ2n) is 9.52. The molecule has 0 aliphatic rings. The molecule has 1 rings (SSSR count). The third-order valence-electron chi connectivity index (χ3n) is 4.84. The molecule has 1 amide bonds. The Morgan fingerprint density at radius 2 is 1.80 bits per heavy atom. The van der Waals surface area contributed by atoms with Crippen molar-refractivity contribution in [2.45, 2.75) is 65.3 Å². The molecule has 7 nitrogen and oxygen atoms in total. The number of rotatable bonds is 7. The molecule has 0 spiro atoms. The fourth-order valence-electron chi connectivity index (χ4n) is 2.18. The van der Waals surface area contributed by atoms with E-state index in [0.29, 0.717) is 11.1 Å². The van der Waals surface area contributed by atoms with Crippen molar-refractivity contribution < 1.29 is 18.9 Å². The van der Waals surface area contributed by atoms with Gasteiger partial charge in [0.2, 0.25) is 0 Å². The molecule has 0 bridgehead atoms. The van der Waals surface area contributed by atoms with Crippen LogP contribution in [0.15, 0.2) is 34.8 Å². The maximum atomic E-state index is 12.8. The Morgan fingerprint density at radius 1 is 1.20 bits per heavy atom. The van der Waals surface area contributed by atoms with E-state index in [1.54, 1.807) is 39.0 Å². The predicted octanol–water partition coefficient (Wildman–Crippen LogP) is 6.68. The lowest BCUT2D eigenvalue weighted by molar-refractivity contribution is -0.384. The lowest BCUT2D eigenvalue weighted by Gasteiger charge is -2.35. The van der Waals surface area contributed by atoms with Gasteiger partial charge < -0.3 is 9.16 Å². The fraction of sp³-hybridized carbons (Fsp3) is 0.571. The van der Waals surface area contributed by atoms with E-state index in [9.17, 15) is 14.9 Å². The largest absolute Gasteiger partial charge is 0.443 e. The van der Waals surface area contributed by atoms with Crippen LogP contribution in [0.5, 0.6) is 0 Å². The number of carbonyl (C=O) groups excluding carboxylic acids is 1. The molecule has 0 saturated carbocycles. The molecular weight excluding hydrogens is 468 g/mol. The van der Waals surface area contributed by atoms with Crippen molar-refractivity contribution in [1.29, 1.82) is 0 Å². The lowest BCUT2D eigenvalue weighted by Crippen LogP contribution is -2.40. The number of anilines is 1. The van der Waals surface area contributed by atoms with Crippen molar-refractivity contribution in [3.05, 3.63) is 44.9 Å². The fourth-order valence-corrected chi connectivity index (χ4v) is 3.47. The summed E-state index contributed by atoms with van der Waals surface area (Å²) in [5.41, 5.74) is -0.737. The molecule has 0 saturated heterocycles. The molecule has 0 aliphatic heterocycles. The second-order valence-corrected chi connectivity index (χ2v) is 15.2. The molecule has 0 unspecified atom stereocenters. The Kier molecular flexibility index (Phi) is 8.83. The van der Waals surface area contributed by atoms with Gasteiger partial charge in [0, 0.05) is 17.1 Å². The number of carbonyl (C=O) groups is 1. The van der Waals surface area contributed by atoms with Gasteiger partial charge in [-0.15, -0.1) is 0 Å². The van der Waals surface area contributed by atoms with E-state index in [1.165, 1.54) is 11.0 Å². The highest BCUT2D eigenvalue weighted by atomic mass is 79.9. The zero-order valence-electron chi connectivity index (χ0n) is 19.1. The molecule has 0 atom stereocenters. The molecule has 0 aliphatic carbocycles. The molecule has 168 valence electrons. The first-order chi connectivity index (χ1) is 13.5. The SMILES string of the molecule is CC(C)(C)OC(=O)N(C/C=C\CO[Si](C)(C)C(C)(C)C)c1cc(Br)ccc1[N+](=O)[O-]. The maximum absolute atomic E-state index is 12.8. The molecule has 9 heteroatoms. The Bertz CT molecular complexity index is 798. The highest BCUT2D eigenvalue weighted by Crippen LogP contribution is 2.36. The van der Waals surface area contributed by atoms with Crippen molar-refractivity contribution >= 4 is 41.7 Å². The number of ether oxygens (including phenoxy) is 1. The van der Waals surface area contributed by atoms with Crippen LogP contribution in [0.25, 0.3) is 0 Å². The first kappa shape index (κ1) is 26.3. The van der Waals surface area contributed by atoms with Crippen molar-refractivity contribution in [3.63, 3.8) is 0 Å². The first-order valence-electron chi connectivity index (χ1n) is 9.78. The average molecular weight is 501 g/mol. The summed E-state index contributed by atoms with van der Waals surface area (Å²) in [5.74, 6) is 0. The number of hydrogen-bond acceptors (Lipinski definition) is 5. The quantitative estimate of drug-likeness (QED) is 0.180. The molecule has 0 N–H and O–H groups in total. The van der Waals surface area contributed by atoms with E-state index in [-0.39, 0.29) is 23.0 Å². The summed E-state index contributed by atoms with van der Waals surface area (Å²) in [5, 5.41) is 11.6. The van der Waals surface area contributed by atoms with E-state index in [1.807, 2.05) is 6.08 Å². The molecule has 0 radical (unpaired) electrons. The monoisotopic (exact) mass is 500 g/mol.